The van der Waals surface area contributed by atoms with E-state index in [0.29, 0.717) is 12.5 Å². The third kappa shape index (κ3) is 2.79. The molecule has 0 aromatic carbocycles. The van der Waals surface area contributed by atoms with E-state index in [9.17, 15) is 9.59 Å². The zero-order chi connectivity index (χ0) is 20.1. The highest BCUT2D eigenvalue weighted by molar-refractivity contribution is 5.87. The molecular formula is C21H30N6O2. The van der Waals surface area contributed by atoms with Crippen LogP contribution < -0.4 is 4.90 Å². The zero-order valence-electron chi connectivity index (χ0n) is 17.2. The second-order valence-electron chi connectivity index (χ2n) is 9.21. The number of amides is 3. The molecule has 1 aromatic heterocycles. The van der Waals surface area contributed by atoms with Crippen LogP contribution in [0.2, 0.25) is 0 Å². The van der Waals surface area contributed by atoms with E-state index in [1.54, 1.807) is 12.4 Å². The number of piperidine rings is 1. The molecule has 156 valence electrons. The summed E-state index contributed by atoms with van der Waals surface area (Å²) in [5.41, 5.74) is -0.500. The van der Waals surface area contributed by atoms with Crippen molar-refractivity contribution >= 4 is 17.9 Å². The van der Waals surface area contributed by atoms with Crippen LogP contribution in [0, 0.1) is 10.8 Å². The Bertz CT molecular complexity index is 788. The summed E-state index contributed by atoms with van der Waals surface area (Å²) in [7, 11) is 1.92. The maximum atomic E-state index is 13.4. The number of carbonyl (C=O) groups is 2. The molecule has 1 atom stereocenters. The van der Waals surface area contributed by atoms with Gasteiger partial charge in [-0.25, -0.2) is 14.8 Å². The summed E-state index contributed by atoms with van der Waals surface area (Å²) in [4.78, 5) is 43.2. The van der Waals surface area contributed by atoms with Gasteiger partial charge in [-0.1, -0.05) is 0 Å². The number of nitrogens with zero attached hydrogens (tertiary/aromatic N) is 6. The maximum Gasteiger partial charge on any atom is 0.319 e. The molecule has 0 saturated carbocycles. The predicted octanol–water partition coefficient (Wildman–Crippen LogP) is 1.44. The van der Waals surface area contributed by atoms with Gasteiger partial charge in [-0.05, 0) is 38.2 Å². The molecule has 5 heterocycles. The van der Waals surface area contributed by atoms with E-state index in [2.05, 4.69) is 14.9 Å². The van der Waals surface area contributed by atoms with E-state index in [1.165, 1.54) is 0 Å². The van der Waals surface area contributed by atoms with Crippen LogP contribution >= 0.6 is 0 Å². The Labute approximate surface area is 171 Å². The van der Waals surface area contributed by atoms with Crippen molar-refractivity contribution in [2.24, 2.45) is 10.8 Å². The summed E-state index contributed by atoms with van der Waals surface area (Å²) in [6, 6.07) is 2.00. The van der Waals surface area contributed by atoms with Crippen molar-refractivity contribution in [1.82, 2.24) is 24.7 Å². The van der Waals surface area contributed by atoms with Gasteiger partial charge in [0, 0.05) is 70.7 Å². The molecule has 0 aliphatic carbocycles. The van der Waals surface area contributed by atoms with Crippen LogP contribution in [0.5, 0.6) is 0 Å². The van der Waals surface area contributed by atoms with E-state index >= 15 is 0 Å². The SMILES string of the molecule is CN1CC[C@@]2(CN(c3ncccn3)CC23CCN(C(=O)N2CCCC2)CC3)C1=O. The predicted molar refractivity (Wildman–Crippen MR) is 108 cm³/mol. The highest BCUT2D eigenvalue weighted by atomic mass is 16.2. The van der Waals surface area contributed by atoms with Gasteiger partial charge in [0.2, 0.25) is 11.9 Å². The number of hydrogen-bond acceptors (Lipinski definition) is 5. The molecule has 4 aliphatic rings. The Morgan fingerprint density at radius 3 is 2.21 bits per heavy atom. The first-order chi connectivity index (χ1) is 14.0. The van der Waals surface area contributed by atoms with Gasteiger partial charge >= 0.3 is 6.03 Å². The van der Waals surface area contributed by atoms with Gasteiger partial charge in [-0.15, -0.1) is 0 Å². The Kier molecular flexibility index (Phi) is 4.40. The molecule has 0 bridgehead atoms. The summed E-state index contributed by atoms with van der Waals surface area (Å²) < 4.78 is 0. The minimum atomic E-state index is -0.385. The first-order valence-corrected chi connectivity index (χ1v) is 10.9. The molecule has 0 N–H and O–H groups in total. The van der Waals surface area contributed by atoms with Gasteiger partial charge in [0.25, 0.3) is 0 Å². The van der Waals surface area contributed by atoms with Crippen molar-refractivity contribution in [3.63, 3.8) is 0 Å². The van der Waals surface area contributed by atoms with Crippen molar-refractivity contribution in [3.8, 4) is 0 Å². The number of fused-ring (bicyclic) bond motifs is 1. The second kappa shape index (κ2) is 6.85. The molecule has 3 amide bonds. The standard InChI is InChI=1S/C21H30N6O2/c1-24-12-7-21(17(24)28)16-27(18-22-8-4-9-23-18)15-20(21)5-13-26(14-6-20)19(29)25-10-2-3-11-25/h4,8-9H,2-3,5-7,10-16H2,1H3/t21-/m1/s1. The van der Waals surface area contributed by atoms with E-state index in [0.717, 1.165) is 71.4 Å². The van der Waals surface area contributed by atoms with Gasteiger partial charge in [-0.2, -0.15) is 0 Å². The van der Waals surface area contributed by atoms with Gasteiger partial charge < -0.3 is 19.6 Å². The fraction of sp³-hybridized carbons (Fsp3) is 0.714. The number of likely N-dealkylation sites (tertiary alicyclic amines) is 3. The lowest BCUT2D eigenvalue weighted by Gasteiger charge is -2.47. The van der Waals surface area contributed by atoms with Crippen LogP contribution in [0.4, 0.5) is 10.7 Å². The molecule has 5 rings (SSSR count). The molecule has 4 fully saturated rings. The highest BCUT2D eigenvalue weighted by Gasteiger charge is 2.65. The lowest BCUT2D eigenvalue weighted by molar-refractivity contribution is -0.140. The third-order valence-corrected chi connectivity index (χ3v) is 7.80. The maximum absolute atomic E-state index is 13.4. The van der Waals surface area contributed by atoms with E-state index in [1.807, 2.05) is 27.8 Å². The van der Waals surface area contributed by atoms with Gasteiger partial charge in [0.1, 0.15) is 0 Å². The molecule has 8 heteroatoms. The van der Waals surface area contributed by atoms with Crippen molar-refractivity contribution in [1.29, 1.82) is 0 Å². The lowest BCUT2D eigenvalue weighted by Crippen LogP contribution is -2.55. The summed E-state index contributed by atoms with van der Waals surface area (Å²) >= 11 is 0. The minimum absolute atomic E-state index is 0.115. The van der Waals surface area contributed by atoms with Gasteiger partial charge in [-0.3, -0.25) is 4.79 Å². The third-order valence-electron chi connectivity index (χ3n) is 7.80. The fourth-order valence-electron chi connectivity index (χ4n) is 6.10. The van der Waals surface area contributed by atoms with Crippen LogP contribution in [0.15, 0.2) is 18.5 Å². The van der Waals surface area contributed by atoms with E-state index < -0.39 is 0 Å². The first-order valence-electron chi connectivity index (χ1n) is 10.9. The average Bonchev–Trinajstić information content (AvgIpc) is 3.46. The largest absolute Gasteiger partial charge is 0.345 e. The molecule has 4 saturated heterocycles. The second-order valence-corrected chi connectivity index (χ2v) is 9.21. The molecule has 0 unspecified atom stereocenters. The van der Waals surface area contributed by atoms with Crippen LogP contribution in [0.1, 0.15) is 32.1 Å². The molecule has 4 aliphatic heterocycles. The average molecular weight is 399 g/mol. The summed E-state index contributed by atoms with van der Waals surface area (Å²) in [6.07, 6.45) is 8.37. The molecule has 2 spiro atoms. The topological polar surface area (TPSA) is 72.9 Å². The Balaban J connectivity index is 1.40. The van der Waals surface area contributed by atoms with Crippen LogP contribution in [-0.4, -0.2) is 89.5 Å². The van der Waals surface area contributed by atoms with Crippen molar-refractivity contribution in [2.75, 3.05) is 57.8 Å². The number of urea groups is 1. The number of anilines is 1. The summed E-state index contributed by atoms with van der Waals surface area (Å²) in [5, 5.41) is 0. The normalized spacial score (nSPS) is 28.9. The zero-order valence-corrected chi connectivity index (χ0v) is 17.2. The van der Waals surface area contributed by atoms with Crippen molar-refractivity contribution < 1.29 is 9.59 Å². The first kappa shape index (κ1) is 18.6. The molecule has 1 aromatic rings. The van der Waals surface area contributed by atoms with E-state index in [4.69, 9.17) is 0 Å². The quantitative estimate of drug-likeness (QED) is 0.716. The van der Waals surface area contributed by atoms with Crippen molar-refractivity contribution in [3.05, 3.63) is 18.5 Å². The van der Waals surface area contributed by atoms with Crippen molar-refractivity contribution in [2.45, 2.75) is 32.1 Å². The smallest absolute Gasteiger partial charge is 0.319 e. The number of rotatable bonds is 1. The summed E-state index contributed by atoms with van der Waals surface area (Å²) in [6.45, 7) is 5.51. The number of aromatic nitrogens is 2. The Morgan fingerprint density at radius 2 is 1.59 bits per heavy atom. The highest BCUT2D eigenvalue weighted by Crippen LogP contribution is 2.58. The van der Waals surface area contributed by atoms with Gasteiger partial charge in [0.05, 0.1) is 5.41 Å². The number of hydrogen-bond donors (Lipinski definition) is 0. The number of carbonyl (C=O) groups excluding carboxylic acids is 2. The van der Waals surface area contributed by atoms with Crippen LogP contribution in [0.25, 0.3) is 0 Å². The van der Waals surface area contributed by atoms with Crippen LogP contribution in [-0.2, 0) is 4.79 Å². The fourth-order valence-corrected chi connectivity index (χ4v) is 6.10. The molecule has 29 heavy (non-hydrogen) atoms. The lowest BCUT2D eigenvalue weighted by atomic mass is 9.60. The van der Waals surface area contributed by atoms with E-state index in [-0.39, 0.29) is 22.8 Å². The Hall–Kier alpha value is -2.38. The molecular weight excluding hydrogens is 368 g/mol. The van der Waals surface area contributed by atoms with Gasteiger partial charge in [0.15, 0.2) is 0 Å². The molecule has 8 nitrogen and oxygen atoms in total. The molecule has 0 radical (unpaired) electrons. The minimum Gasteiger partial charge on any atom is -0.345 e. The Morgan fingerprint density at radius 1 is 0.931 bits per heavy atom. The summed E-state index contributed by atoms with van der Waals surface area (Å²) in [5.74, 6) is 0.969. The monoisotopic (exact) mass is 398 g/mol. The van der Waals surface area contributed by atoms with Crippen LogP contribution in [0.3, 0.4) is 0 Å².